The molecule has 0 saturated heterocycles. The van der Waals surface area contributed by atoms with Gasteiger partial charge in [-0.05, 0) is 67.3 Å². The van der Waals surface area contributed by atoms with Crippen molar-refractivity contribution in [3.8, 4) is 34.0 Å². The third-order valence-electron chi connectivity index (χ3n) is 7.78. The fourth-order valence-electron chi connectivity index (χ4n) is 4.93. The number of rotatable bonds is 18. The Balaban J connectivity index is 1.35. The van der Waals surface area contributed by atoms with Crippen molar-refractivity contribution in [2.45, 2.75) is 64.5 Å². The van der Waals surface area contributed by atoms with Gasteiger partial charge >= 0.3 is 5.97 Å². The zero-order valence-corrected chi connectivity index (χ0v) is 26.9. The zero-order chi connectivity index (χ0) is 32.7. The molecular formula is C37H44N4O5. The van der Waals surface area contributed by atoms with Crippen molar-refractivity contribution in [3.05, 3.63) is 96.3 Å². The Morgan fingerprint density at radius 1 is 0.804 bits per heavy atom. The number of hydrogen-bond acceptors (Lipinski definition) is 7. The van der Waals surface area contributed by atoms with Gasteiger partial charge in [0.25, 0.3) is 5.91 Å². The highest BCUT2D eigenvalue weighted by Gasteiger charge is 2.18. The average molecular weight is 625 g/mol. The van der Waals surface area contributed by atoms with Crippen LogP contribution in [-0.4, -0.2) is 59.3 Å². The third kappa shape index (κ3) is 10.4. The highest BCUT2D eigenvalue weighted by Crippen LogP contribution is 2.24. The zero-order valence-electron chi connectivity index (χ0n) is 26.9. The number of methoxy groups -OCH3 is 1. The maximum absolute atomic E-state index is 13.0. The molecule has 1 aromatic heterocycles. The summed E-state index contributed by atoms with van der Waals surface area (Å²) in [5.41, 5.74) is 4.28. The lowest BCUT2D eigenvalue weighted by atomic mass is 10.0. The van der Waals surface area contributed by atoms with Gasteiger partial charge in [-0.15, -0.1) is 0 Å². The van der Waals surface area contributed by atoms with Gasteiger partial charge < -0.3 is 25.2 Å². The van der Waals surface area contributed by atoms with Crippen LogP contribution in [0, 0.1) is 0 Å². The fraction of sp³-hybridized carbons (Fsp3) is 0.351. The first-order valence-electron chi connectivity index (χ1n) is 15.9. The lowest BCUT2D eigenvalue weighted by Crippen LogP contribution is -2.47. The van der Waals surface area contributed by atoms with Gasteiger partial charge in [0.2, 0.25) is 0 Å². The van der Waals surface area contributed by atoms with Crippen molar-refractivity contribution in [2.75, 3.05) is 20.3 Å². The van der Waals surface area contributed by atoms with E-state index in [0.717, 1.165) is 41.0 Å². The maximum Gasteiger partial charge on any atom is 0.320 e. The minimum atomic E-state index is -0.954. The summed E-state index contributed by atoms with van der Waals surface area (Å²) < 4.78 is 11.1. The molecule has 9 nitrogen and oxygen atoms in total. The van der Waals surface area contributed by atoms with Gasteiger partial charge in [0.15, 0.2) is 5.82 Å². The quantitative estimate of drug-likeness (QED) is 0.106. The molecule has 1 heterocycles. The highest BCUT2D eigenvalue weighted by atomic mass is 16.5. The van der Waals surface area contributed by atoms with Crippen molar-refractivity contribution >= 4 is 11.9 Å². The Hall–Kier alpha value is -4.76. The Morgan fingerprint density at radius 2 is 1.43 bits per heavy atom. The number of carboxylic acids is 1. The molecule has 0 unspecified atom stereocenters. The van der Waals surface area contributed by atoms with E-state index >= 15 is 0 Å². The summed E-state index contributed by atoms with van der Waals surface area (Å²) in [6.07, 6.45) is 10.2. The Kier molecular flexibility index (Phi) is 13.1. The van der Waals surface area contributed by atoms with Crippen LogP contribution in [0.15, 0.2) is 85.2 Å². The Labute approximate surface area is 271 Å². The highest BCUT2D eigenvalue weighted by molar-refractivity contribution is 5.94. The molecule has 1 amide bonds. The number of nitrogens with zero attached hydrogens (tertiary/aromatic N) is 2. The first-order valence-corrected chi connectivity index (χ1v) is 15.9. The molecule has 46 heavy (non-hydrogen) atoms. The summed E-state index contributed by atoms with van der Waals surface area (Å²) in [6, 6.07) is 21.6. The number of carbonyl (C=O) groups is 2. The van der Waals surface area contributed by atoms with E-state index in [-0.39, 0.29) is 18.5 Å². The molecule has 0 spiro atoms. The molecule has 2 atom stereocenters. The molecule has 0 radical (unpaired) electrons. The maximum atomic E-state index is 13.0. The van der Waals surface area contributed by atoms with Crippen LogP contribution < -0.4 is 20.1 Å². The molecule has 0 aliphatic rings. The predicted molar refractivity (Wildman–Crippen MR) is 180 cm³/mol. The number of carbonyl (C=O) groups excluding carboxylic acids is 1. The van der Waals surface area contributed by atoms with Crippen LogP contribution in [0.25, 0.3) is 22.5 Å². The lowest BCUT2D eigenvalue weighted by molar-refractivity contribution is -0.139. The summed E-state index contributed by atoms with van der Waals surface area (Å²) in [7, 11) is 1.57. The smallest absolute Gasteiger partial charge is 0.320 e. The topological polar surface area (TPSA) is 123 Å². The van der Waals surface area contributed by atoms with E-state index in [0.29, 0.717) is 23.6 Å². The molecule has 0 bridgehead atoms. The Bertz CT molecular complexity index is 1510. The molecule has 3 N–H and O–H groups in total. The molecule has 242 valence electrons. The third-order valence-corrected chi connectivity index (χ3v) is 7.78. The monoisotopic (exact) mass is 624 g/mol. The number of carboxylic acid groups (broad SMARTS) is 1. The van der Waals surface area contributed by atoms with E-state index in [1.807, 2.05) is 60.9 Å². The molecule has 4 aromatic rings. The minimum absolute atomic E-state index is 0.248. The fourth-order valence-corrected chi connectivity index (χ4v) is 4.93. The van der Waals surface area contributed by atoms with Crippen LogP contribution in [0.4, 0.5) is 0 Å². The van der Waals surface area contributed by atoms with Gasteiger partial charge in [-0.1, -0.05) is 69.0 Å². The summed E-state index contributed by atoms with van der Waals surface area (Å²) in [6.45, 7) is 4.81. The number of aromatic nitrogens is 2. The number of benzene rings is 3. The summed E-state index contributed by atoms with van der Waals surface area (Å²) in [5.74, 6) is 0.936. The van der Waals surface area contributed by atoms with Crippen molar-refractivity contribution in [2.24, 2.45) is 0 Å². The van der Waals surface area contributed by atoms with Crippen molar-refractivity contribution in [1.29, 1.82) is 0 Å². The number of nitrogens with one attached hydrogen (secondary N) is 2. The molecule has 4 rings (SSSR count). The first kappa shape index (κ1) is 34.1. The minimum Gasteiger partial charge on any atom is -0.497 e. The van der Waals surface area contributed by atoms with Gasteiger partial charge in [0, 0.05) is 41.7 Å². The van der Waals surface area contributed by atoms with E-state index in [1.165, 1.54) is 25.7 Å². The van der Waals surface area contributed by atoms with Crippen LogP contribution in [0.2, 0.25) is 0 Å². The van der Waals surface area contributed by atoms with Crippen LogP contribution in [0.3, 0.4) is 0 Å². The number of hydrogen-bond donors (Lipinski definition) is 3. The molecular weight excluding hydrogens is 580 g/mol. The SMILES string of the molecule is CCCCCCCOc1ccc(-c2cnc(-c3ccc(C[C@@H](CN[C@H](C)C(=O)O)NC(=O)c4ccc(OC)cc4)cc3)nc2)cc1. The van der Waals surface area contributed by atoms with Gasteiger partial charge in [0.1, 0.15) is 17.5 Å². The molecule has 0 aliphatic carbocycles. The van der Waals surface area contributed by atoms with E-state index < -0.39 is 12.0 Å². The lowest BCUT2D eigenvalue weighted by Gasteiger charge is -2.21. The molecule has 0 saturated carbocycles. The predicted octanol–water partition coefficient (Wildman–Crippen LogP) is 6.57. The van der Waals surface area contributed by atoms with Crippen LogP contribution in [0.1, 0.15) is 61.9 Å². The second-order valence-electron chi connectivity index (χ2n) is 11.4. The van der Waals surface area contributed by atoms with Gasteiger partial charge in [-0.2, -0.15) is 0 Å². The molecule has 0 fully saturated rings. The van der Waals surface area contributed by atoms with Crippen LogP contribution in [-0.2, 0) is 11.2 Å². The van der Waals surface area contributed by atoms with E-state index in [1.54, 1.807) is 38.3 Å². The van der Waals surface area contributed by atoms with E-state index in [4.69, 9.17) is 9.47 Å². The second kappa shape index (κ2) is 17.7. The Morgan fingerprint density at radius 3 is 2.07 bits per heavy atom. The number of amides is 1. The summed E-state index contributed by atoms with van der Waals surface area (Å²) in [4.78, 5) is 33.5. The van der Waals surface area contributed by atoms with Crippen LogP contribution in [0.5, 0.6) is 11.5 Å². The second-order valence-corrected chi connectivity index (χ2v) is 11.4. The van der Waals surface area contributed by atoms with Gasteiger partial charge in [-0.25, -0.2) is 9.97 Å². The van der Waals surface area contributed by atoms with E-state index in [2.05, 4.69) is 27.5 Å². The number of unbranched alkanes of at least 4 members (excludes halogenated alkanes) is 4. The summed E-state index contributed by atoms with van der Waals surface area (Å²) in [5, 5.41) is 15.3. The van der Waals surface area contributed by atoms with Crippen LogP contribution >= 0.6 is 0 Å². The number of aliphatic carboxylic acids is 1. The normalized spacial score (nSPS) is 12.2. The largest absolute Gasteiger partial charge is 0.497 e. The van der Waals surface area contributed by atoms with E-state index in [9.17, 15) is 14.7 Å². The average Bonchev–Trinajstić information content (AvgIpc) is 3.09. The summed E-state index contributed by atoms with van der Waals surface area (Å²) >= 11 is 0. The van der Waals surface area contributed by atoms with Crippen molar-refractivity contribution in [1.82, 2.24) is 20.6 Å². The molecule has 0 aliphatic heterocycles. The number of ether oxygens (including phenoxy) is 2. The molecule has 3 aromatic carbocycles. The van der Waals surface area contributed by atoms with Gasteiger partial charge in [-0.3, -0.25) is 9.59 Å². The first-order chi connectivity index (χ1) is 22.4. The molecule has 9 heteroatoms. The van der Waals surface area contributed by atoms with Crippen molar-refractivity contribution in [3.63, 3.8) is 0 Å². The standard InChI is InChI=1S/C37H44N4O5/c1-4-5-6-7-8-21-46-34-19-13-28(14-20-34)31-23-39-35(40-24-31)29-11-9-27(10-12-29)22-32(25-38-26(2)37(43)44)41-36(42)30-15-17-33(45-3)18-16-30/h9-20,23-24,26,32,38H,4-8,21-22,25H2,1-3H3,(H,41,42)(H,43,44)/t26-,32+/m1/s1. The van der Waals surface area contributed by atoms with Crippen molar-refractivity contribution < 1.29 is 24.2 Å². The van der Waals surface area contributed by atoms with Gasteiger partial charge in [0.05, 0.1) is 13.7 Å².